The number of hydrogen-bond donors (Lipinski definition) is 2. The van der Waals surface area contributed by atoms with Gasteiger partial charge in [0.05, 0.1) is 6.04 Å². The minimum atomic E-state index is -0.204. The number of aryl methyl sites for hydroxylation is 1. The van der Waals surface area contributed by atoms with Gasteiger partial charge in [0.1, 0.15) is 5.82 Å². The van der Waals surface area contributed by atoms with Gasteiger partial charge >= 0.3 is 0 Å². The Kier molecular flexibility index (Phi) is 3.36. The molecule has 0 radical (unpaired) electrons. The maximum atomic E-state index is 13.2. The predicted molar refractivity (Wildman–Crippen MR) is 80.0 cm³/mol. The van der Waals surface area contributed by atoms with E-state index in [1.807, 2.05) is 0 Å². The third-order valence-corrected chi connectivity index (χ3v) is 5.08. The molecule has 0 spiro atoms. The molecule has 2 heterocycles. The quantitative estimate of drug-likeness (QED) is 0.566. The Morgan fingerprint density at radius 3 is 2.79 bits per heavy atom. The van der Waals surface area contributed by atoms with E-state index in [0.29, 0.717) is 0 Å². The molecule has 0 fully saturated rings. The second-order valence-electron chi connectivity index (χ2n) is 4.42. The summed E-state index contributed by atoms with van der Waals surface area (Å²) in [5, 5.41) is 3.15. The largest absolute Gasteiger partial charge is 0.271 e. The average molecular weight is 292 g/mol. The summed E-state index contributed by atoms with van der Waals surface area (Å²) in [5.41, 5.74) is 4.00. The van der Waals surface area contributed by atoms with Gasteiger partial charge in [0.2, 0.25) is 0 Å². The first-order chi connectivity index (χ1) is 9.17. The number of rotatable bonds is 3. The highest BCUT2D eigenvalue weighted by atomic mass is 32.1. The number of nitrogens with one attached hydrogen (secondary N) is 1. The van der Waals surface area contributed by atoms with Crippen molar-refractivity contribution in [3.05, 3.63) is 56.8 Å². The van der Waals surface area contributed by atoms with E-state index in [-0.39, 0.29) is 11.9 Å². The summed E-state index contributed by atoms with van der Waals surface area (Å²) >= 11 is 3.27. The number of benzene rings is 1. The van der Waals surface area contributed by atoms with Gasteiger partial charge in [-0.05, 0) is 47.5 Å². The Morgan fingerprint density at radius 1 is 1.26 bits per heavy atom. The van der Waals surface area contributed by atoms with E-state index in [9.17, 15) is 4.39 Å². The van der Waals surface area contributed by atoms with Crippen molar-refractivity contribution in [2.75, 3.05) is 0 Å². The summed E-state index contributed by atoms with van der Waals surface area (Å²) in [6.45, 7) is 2.07. The lowest BCUT2D eigenvalue weighted by atomic mass is 10.1. The summed E-state index contributed by atoms with van der Waals surface area (Å²) < 4.78 is 14.2. The van der Waals surface area contributed by atoms with Crippen molar-refractivity contribution in [2.45, 2.75) is 13.0 Å². The van der Waals surface area contributed by atoms with Crippen molar-refractivity contribution in [3.63, 3.8) is 0 Å². The Hall–Kier alpha value is -1.27. The van der Waals surface area contributed by atoms with Gasteiger partial charge in [-0.15, -0.1) is 22.7 Å². The predicted octanol–water partition coefficient (Wildman–Crippen LogP) is 3.96. The molecule has 98 valence electrons. The van der Waals surface area contributed by atoms with Gasteiger partial charge in [0.25, 0.3) is 0 Å². The lowest BCUT2D eigenvalue weighted by Crippen LogP contribution is -2.27. The van der Waals surface area contributed by atoms with E-state index in [4.69, 9.17) is 5.84 Å². The topological polar surface area (TPSA) is 38.0 Å². The molecule has 0 saturated carbocycles. The zero-order chi connectivity index (χ0) is 13.4. The lowest BCUT2D eigenvalue weighted by molar-refractivity contribution is 0.630. The van der Waals surface area contributed by atoms with Gasteiger partial charge in [0.15, 0.2) is 0 Å². The lowest BCUT2D eigenvalue weighted by Gasteiger charge is -2.12. The summed E-state index contributed by atoms with van der Waals surface area (Å²) in [6, 6.07) is 9.01. The van der Waals surface area contributed by atoms with Crippen LogP contribution in [0.2, 0.25) is 0 Å². The molecule has 0 amide bonds. The summed E-state index contributed by atoms with van der Waals surface area (Å²) in [4.78, 5) is 2.35. The first kappa shape index (κ1) is 12.7. The Morgan fingerprint density at radius 2 is 2.11 bits per heavy atom. The zero-order valence-corrected chi connectivity index (χ0v) is 11.9. The van der Waals surface area contributed by atoms with Gasteiger partial charge in [0, 0.05) is 14.5 Å². The highest BCUT2D eigenvalue weighted by Gasteiger charge is 2.16. The van der Waals surface area contributed by atoms with Gasteiger partial charge in [-0.3, -0.25) is 5.84 Å². The van der Waals surface area contributed by atoms with Gasteiger partial charge in [-0.25, -0.2) is 9.82 Å². The van der Waals surface area contributed by atoms with Crippen LogP contribution in [0.4, 0.5) is 4.39 Å². The van der Waals surface area contributed by atoms with Crippen LogP contribution in [0.25, 0.3) is 10.1 Å². The molecule has 0 aliphatic carbocycles. The molecule has 3 rings (SSSR count). The first-order valence-electron chi connectivity index (χ1n) is 5.87. The van der Waals surface area contributed by atoms with E-state index in [1.54, 1.807) is 34.8 Å². The fourth-order valence-corrected chi connectivity index (χ4v) is 4.03. The fourth-order valence-electron chi connectivity index (χ4n) is 2.13. The van der Waals surface area contributed by atoms with Crippen LogP contribution in [0, 0.1) is 12.7 Å². The minimum absolute atomic E-state index is 0.0367. The highest BCUT2D eigenvalue weighted by molar-refractivity contribution is 7.19. The fraction of sp³-hybridized carbons (Fsp3) is 0.143. The van der Waals surface area contributed by atoms with Crippen molar-refractivity contribution in [2.24, 2.45) is 5.84 Å². The molecule has 3 aromatic rings. The molecular weight excluding hydrogens is 279 g/mol. The minimum Gasteiger partial charge on any atom is -0.271 e. The number of nitrogens with two attached hydrogens (primary N) is 1. The molecule has 0 aliphatic rings. The van der Waals surface area contributed by atoms with E-state index < -0.39 is 0 Å². The van der Waals surface area contributed by atoms with Crippen molar-refractivity contribution < 1.29 is 4.39 Å². The van der Waals surface area contributed by atoms with E-state index in [2.05, 4.69) is 29.9 Å². The van der Waals surface area contributed by atoms with Crippen LogP contribution in [0.1, 0.15) is 21.4 Å². The number of fused-ring (bicyclic) bond motifs is 1. The van der Waals surface area contributed by atoms with Gasteiger partial charge in [-0.2, -0.15) is 0 Å². The van der Waals surface area contributed by atoms with E-state index in [0.717, 1.165) is 20.5 Å². The first-order valence-corrected chi connectivity index (χ1v) is 7.57. The van der Waals surface area contributed by atoms with Crippen LogP contribution < -0.4 is 11.3 Å². The number of hydrogen-bond acceptors (Lipinski definition) is 4. The van der Waals surface area contributed by atoms with Crippen molar-refractivity contribution in [3.8, 4) is 0 Å². The number of hydrazine groups is 1. The molecule has 2 aromatic heterocycles. The van der Waals surface area contributed by atoms with Crippen LogP contribution in [0.15, 0.2) is 35.7 Å². The number of halogens is 1. The van der Waals surface area contributed by atoms with Crippen LogP contribution >= 0.6 is 22.7 Å². The SMILES string of the molecule is Cc1cc(C(NN)c2cc3ccc(F)cc3s2)cs1. The molecular formula is C14H13FN2S2. The Labute approximate surface area is 118 Å². The molecule has 5 heteroatoms. The monoisotopic (exact) mass is 292 g/mol. The van der Waals surface area contributed by atoms with Crippen molar-refractivity contribution in [1.82, 2.24) is 5.43 Å². The summed E-state index contributed by atoms with van der Waals surface area (Å²) in [7, 11) is 0. The third kappa shape index (κ3) is 2.42. The molecule has 0 bridgehead atoms. The smallest absolute Gasteiger partial charge is 0.124 e. The molecule has 0 aliphatic heterocycles. The van der Waals surface area contributed by atoms with Crippen molar-refractivity contribution in [1.29, 1.82) is 0 Å². The maximum Gasteiger partial charge on any atom is 0.124 e. The normalized spacial score (nSPS) is 13.0. The van der Waals surface area contributed by atoms with Crippen LogP contribution in [-0.4, -0.2) is 0 Å². The zero-order valence-electron chi connectivity index (χ0n) is 10.3. The van der Waals surface area contributed by atoms with Crippen LogP contribution in [0.3, 0.4) is 0 Å². The highest BCUT2D eigenvalue weighted by Crippen LogP contribution is 2.34. The molecule has 19 heavy (non-hydrogen) atoms. The van der Waals surface area contributed by atoms with E-state index in [1.165, 1.54) is 10.9 Å². The summed E-state index contributed by atoms with van der Waals surface area (Å²) in [5.74, 6) is 5.48. The van der Waals surface area contributed by atoms with Gasteiger partial charge in [-0.1, -0.05) is 6.07 Å². The van der Waals surface area contributed by atoms with Crippen LogP contribution in [-0.2, 0) is 0 Å². The summed E-state index contributed by atoms with van der Waals surface area (Å²) in [6.07, 6.45) is 0. The molecule has 2 nitrogen and oxygen atoms in total. The standard InChI is InChI=1S/C14H13FN2S2/c1-8-4-10(7-18-8)14(17-16)13-5-9-2-3-11(15)6-12(9)19-13/h2-7,14,17H,16H2,1H3. The molecule has 1 atom stereocenters. The Bertz CT molecular complexity index is 717. The molecule has 0 saturated heterocycles. The van der Waals surface area contributed by atoms with Crippen LogP contribution in [0.5, 0.6) is 0 Å². The molecule has 3 N–H and O–H groups in total. The second-order valence-corrected chi connectivity index (χ2v) is 6.65. The maximum absolute atomic E-state index is 13.2. The number of thiophene rings is 2. The third-order valence-electron chi connectivity index (χ3n) is 3.04. The molecule has 1 unspecified atom stereocenters. The average Bonchev–Trinajstić information content (AvgIpc) is 2.96. The second kappa shape index (κ2) is 5.02. The van der Waals surface area contributed by atoms with Crippen molar-refractivity contribution >= 4 is 32.8 Å². The Balaban J connectivity index is 2.06. The van der Waals surface area contributed by atoms with E-state index >= 15 is 0 Å². The molecule has 1 aromatic carbocycles. The van der Waals surface area contributed by atoms with Gasteiger partial charge < -0.3 is 0 Å².